The number of carbonyl (C=O) groups is 1. The van der Waals surface area contributed by atoms with Crippen molar-refractivity contribution in [2.75, 3.05) is 25.0 Å². The van der Waals surface area contributed by atoms with Gasteiger partial charge in [-0.3, -0.25) is 9.10 Å². The molecule has 0 unspecified atom stereocenters. The van der Waals surface area contributed by atoms with Gasteiger partial charge in [-0.2, -0.15) is 0 Å². The normalized spacial score (nSPS) is 11.9. The van der Waals surface area contributed by atoms with Gasteiger partial charge in [0.2, 0.25) is 0 Å². The third-order valence-electron chi connectivity index (χ3n) is 4.27. The maximum Gasteiger partial charge on any atom is 0.264 e. The molecule has 0 saturated heterocycles. The van der Waals surface area contributed by atoms with Crippen molar-refractivity contribution in [3.63, 3.8) is 0 Å². The Hall–Kier alpha value is -2.29. The second-order valence-electron chi connectivity index (χ2n) is 6.23. The SMILES string of the molecule is COc1ccccc1N(C)S(=O)(=O)c1ccc(C)c(C(=O)N[C@@H](C)CN)c1.Cl. The Morgan fingerprint density at radius 2 is 1.89 bits per heavy atom. The Kier molecular flexibility index (Phi) is 8.29. The molecular formula is C19H26ClN3O4S. The van der Waals surface area contributed by atoms with Crippen LogP contribution in [0.3, 0.4) is 0 Å². The first kappa shape index (κ1) is 23.7. The van der Waals surface area contributed by atoms with E-state index in [1.54, 1.807) is 44.2 Å². The molecule has 0 aliphatic rings. The summed E-state index contributed by atoms with van der Waals surface area (Å²) in [5.74, 6) is 0.0767. The number of sulfonamides is 1. The van der Waals surface area contributed by atoms with E-state index in [2.05, 4.69) is 5.32 Å². The third kappa shape index (κ3) is 4.95. The van der Waals surface area contributed by atoms with Crippen LogP contribution < -0.4 is 20.1 Å². The Balaban J connectivity index is 0.00000392. The van der Waals surface area contributed by atoms with Gasteiger partial charge in [0, 0.05) is 25.2 Å². The number of anilines is 1. The summed E-state index contributed by atoms with van der Waals surface area (Å²) in [5.41, 5.74) is 6.92. The van der Waals surface area contributed by atoms with Gasteiger partial charge in [-0.05, 0) is 43.7 Å². The number of nitrogens with one attached hydrogen (secondary N) is 1. The lowest BCUT2D eigenvalue weighted by Crippen LogP contribution is -2.38. The molecule has 2 rings (SSSR count). The van der Waals surface area contributed by atoms with E-state index < -0.39 is 10.0 Å². The molecule has 0 radical (unpaired) electrons. The van der Waals surface area contributed by atoms with Gasteiger partial charge in [0.15, 0.2) is 0 Å². The number of benzene rings is 2. The highest BCUT2D eigenvalue weighted by Crippen LogP contribution is 2.31. The topological polar surface area (TPSA) is 102 Å². The van der Waals surface area contributed by atoms with Gasteiger partial charge in [0.25, 0.3) is 15.9 Å². The monoisotopic (exact) mass is 427 g/mol. The van der Waals surface area contributed by atoms with Gasteiger partial charge in [-0.1, -0.05) is 18.2 Å². The molecule has 1 amide bonds. The van der Waals surface area contributed by atoms with E-state index in [4.69, 9.17) is 10.5 Å². The number of ether oxygens (including phenoxy) is 1. The second-order valence-corrected chi connectivity index (χ2v) is 8.20. The van der Waals surface area contributed by atoms with Crippen LogP contribution in [0.25, 0.3) is 0 Å². The highest BCUT2D eigenvalue weighted by atomic mass is 35.5. The molecule has 7 nitrogen and oxygen atoms in total. The van der Waals surface area contributed by atoms with E-state index in [1.165, 1.54) is 26.3 Å². The first-order valence-corrected chi connectivity index (χ1v) is 9.90. The predicted octanol–water partition coefficient (Wildman–Crippen LogP) is 2.33. The Bertz CT molecular complexity index is 935. The molecule has 1 atom stereocenters. The average molecular weight is 428 g/mol. The number of para-hydroxylation sites is 2. The average Bonchev–Trinajstić information content (AvgIpc) is 2.67. The van der Waals surface area contributed by atoms with Crippen LogP contribution in [0.4, 0.5) is 5.69 Å². The van der Waals surface area contributed by atoms with E-state index in [9.17, 15) is 13.2 Å². The molecule has 0 aliphatic heterocycles. The molecule has 0 heterocycles. The van der Waals surface area contributed by atoms with Crippen LogP contribution in [-0.2, 0) is 10.0 Å². The third-order valence-corrected chi connectivity index (χ3v) is 6.03. The number of methoxy groups -OCH3 is 1. The second kappa shape index (κ2) is 9.77. The van der Waals surface area contributed by atoms with E-state index in [0.717, 1.165) is 4.31 Å². The molecule has 154 valence electrons. The summed E-state index contributed by atoms with van der Waals surface area (Å²) in [6.07, 6.45) is 0. The minimum Gasteiger partial charge on any atom is -0.495 e. The van der Waals surface area contributed by atoms with Crippen molar-refractivity contribution >= 4 is 34.0 Å². The minimum absolute atomic E-state index is 0. The van der Waals surface area contributed by atoms with E-state index in [-0.39, 0.29) is 29.3 Å². The van der Waals surface area contributed by atoms with Crippen LogP contribution >= 0.6 is 12.4 Å². The maximum absolute atomic E-state index is 13.1. The summed E-state index contributed by atoms with van der Waals surface area (Å²) in [5, 5.41) is 2.75. The lowest BCUT2D eigenvalue weighted by atomic mass is 10.1. The van der Waals surface area contributed by atoms with Crippen molar-refractivity contribution in [1.29, 1.82) is 0 Å². The zero-order valence-electron chi connectivity index (χ0n) is 16.3. The molecule has 0 spiro atoms. The summed E-state index contributed by atoms with van der Waals surface area (Å²) in [6, 6.07) is 11.1. The summed E-state index contributed by atoms with van der Waals surface area (Å²) < 4.78 is 32.6. The quantitative estimate of drug-likeness (QED) is 0.706. The standard InChI is InChI=1S/C19H25N3O4S.ClH/c1-13-9-10-15(11-16(13)19(23)21-14(2)12-20)27(24,25)22(3)17-7-5-6-8-18(17)26-4;/h5-11,14H,12,20H2,1-4H3,(H,21,23);1H/t14-;/m0./s1. The van der Waals surface area contributed by atoms with Gasteiger partial charge in [0.05, 0.1) is 17.7 Å². The van der Waals surface area contributed by atoms with Gasteiger partial charge in [0.1, 0.15) is 5.75 Å². The molecule has 0 saturated carbocycles. The highest BCUT2D eigenvalue weighted by molar-refractivity contribution is 7.92. The molecule has 3 N–H and O–H groups in total. The van der Waals surface area contributed by atoms with Crippen molar-refractivity contribution in [1.82, 2.24) is 5.32 Å². The van der Waals surface area contributed by atoms with Gasteiger partial charge >= 0.3 is 0 Å². The molecule has 9 heteroatoms. The molecule has 2 aromatic carbocycles. The van der Waals surface area contributed by atoms with Gasteiger partial charge < -0.3 is 15.8 Å². The molecular weight excluding hydrogens is 402 g/mol. The molecule has 2 aromatic rings. The first-order valence-electron chi connectivity index (χ1n) is 8.46. The number of aryl methyl sites for hydroxylation is 1. The minimum atomic E-state index is -3.88. The van der Waals surface area contributed by atoms with Crippen molar-refractivity contribution in [2.24, 2.45) is 5.73 Å². The number of hydrogen-bond donors (Lipinski definition) is 2. The number of amides is 1. The van der Waals surface area contributed by atoms with Crippen LogP contribution in [0, 0.1) is 6.92 Å². The Morgan fingerprint density at radius 3 is 2.50 bits per heavy atom. The molecule has 0 fully saturated rings. The van der Waals surface area contributed by atoms with E-state index in [0.29, 0.717) is 29.1 Å². The fraction of sp³-hybridized carbons (Fsp3) is 0.316. The van der Waals surface area contributed by atoms with Gasteiger partial charge in [-0.15, -0.1) is 12.4 Å². The fourth-order valence-corrected chi connectivity index (χ4v) is 3.78. The van der Waals surface area contributed by atoms with Crippen LogP contribution in [0.1, 0.15) is 22.8 Å². The summed E-state index contributed by atoms with van der Waals surface area (Å²) >= 11 is 0. The zero-order chi connectivity index (χ0) is 20.2. The lowest BCUT2D eigenvalue weighted by Gasteiger charge is -2.22. The fourth-order valence-electron chi connectivity index (χ4n) is 2.54. The van der Waals surface area contributed by atoms with Crippen LogP contribution in [0.2, 0.25) is 0 Å². The summed E-state index contributed by atoms with van der Waals surface area (Å²) in [4.78, 5) is 12.5. The van der Waals surface area contributed by atoms with Crippen molar-refractivity contribution in [3.05, 3.63) is 53.6 Å². The van der Waals surface area contributed by atoms with Crippen molar-refractivity contribution in [3.8, 4) is 5.75 Å². The highest BCUT2D eigenvalue weighted by Gasteiger charge is 2.25. The molecule has 0 bridgehead atoms. The number of carbonyl (C=O) groups excluding carboxylic acids is 1. The molecule has 0 aromatic heterocycles. The zero-order valence-corrected chi connectivity index (χ0v) is 17.9. The number of hydrogen-bond acceptors (Lipinski definition) is 5. The largest absolute Gasteiger partial charge is 0.495 e. The van der Waals surface area contributed by atoms with Crippen LogP contribution in [0.5, 0.6) is 5.75 Å². The van der Waals surface area contributed by atoms with Crippen molar-refractivity contribution < 1.29 is 17.9 Å². The number of nitrogens with zero attached hydrogens (tertiary/aromatic N) is 1. The van der Waals surface area contributed by atoms with E-state index in [1.807, 2.05) is 0 Å². The molecule has 28 heavy (non-hydrogen) atoms. The lowest BCUT2D eigenvalue weighted by molar-refractivity contribution is 0.0940. The predicted molar refractivity (Wildman–Crippen MR) is 113 cm³/mol. The number of rotatable bonds is 7. The van der Waals surface area contributed by atoms with Crippen LogP contribution in [0.15, 0.2) is 47.4 Å². The van der Waals surface area contributed by atoms with Crippen LogP contribution in [-0.4, -0.2) is 41.1 Å². The first-order chi connectivity index (χ1) is 12.7. The smallest absolute Gasteiger partial charge is 0.264 e. The summed E-state index contributed by atoms with van der Waals surface area (Å²) in [6.45, 7) is 3.82. The Labute approximate surface area is 172 Å². The summed E-state index contributed by atoms with van der Waals surface area (Å²) in [7, 11) is -0.957. The van der Waals surface area contributed by atoms with E-state index >= 15 is 0 Å². The number of nitrogens with two attached hydrogens (primary N) is 1. The Morgan fingerprint density at radius 1 is 1.25 bits per heavy atom. The maximum atomic E-state index is 13.1. The van der Waals surface area contributed by atoms with Crippen molar-refractivity contribution in [2.45, 2.75) is 24.8 Å². The molecule has 0 aliphatic carbocycles. The van der Waals surface area contributed by atoms with Gasteiger partial charge in [-0.25, -0.2) is 8.42 Å². The number of halogens is 1.